The first-order valence-corrected chi connectivity index (χ1v) is 5.96. The Kier molecular flexibility index (Phi) is 3.64. The minimum Gasteiger partial charge on any atom is -0.491 e. The van der Waals surface area contributed by atoms with Gasteiger partial charge in [-0.05, 0) is 49.2 Å². The number of benzene rings is 2. The third-order valence-corrected chi connectivity index (χ3v) is 2.55. The maximum absolute atomic E-state index is 8.88. The molecule has 0 bridgehead atoms. The molecule has 18 heavy (non-hydrogen) atoms. The van der Waals surface area contributed by atoms with Crippen molar-refractivity contribution >= 4 is 0 Å². The molecule has 2 nitrogen and oxygen atoms in total. The first-order valence-electron chi connectivity index (χ1n) is 5.96. The van der Waals surface area contributed by atoms with E-state index in [9.17, 15) is 0 Å². The van der Waals surface area contributed by atoms with Gasteiger partial charge in [0.15, 0.2) is 0 Å². The fraction of sp³-hybridized carbons (Fsp3) is 0.188. The second kappa shape index (κ2) is 5.37. The van der Waals surface area contributed by atoms with E-state index in [1.807, 2.05) is 56.3 Å². The Hall–Kier alpha value is -2.27. The molecule has 0 aliphatic rings. The molecule has 0 N–H and O–H groups in total. The van der Waals surface area contributed by atoms with Crippen molar-refractivity contribution in [1.82, 2.24) is 0 Å². The van der Waals surface area contributed by atoms with Crippen molar-refractivity contribution in [3.63, 3.8) is 0 Å². The summed E-state index contributed by atoms with van der Waals surface area (Å²) < 4.78 is 5.60. The van der Waals surface area contributed by atoms with E-state index >= 15 is 0 Å². The van der Waals surface area contributed by atoms with Gasteiger partial charge in [0, 0.05) is 0 Å². The minimum atomic E-state index is 0.178. The molecular formula is C16H15NO. The zero-order chi connectivity index (χ0) is 13.0. The van der Waals surface area contributed by atoms with Gasteiger partial charge in [-0.3, -0.25) is 0 Å². The van der Waals surface area contributed by atoms with Gasteiger partial charge < -0.3 is 4.74 Å². The monoisotopic (exact) mass is 237 g/mol. The van der Waals surface area contributed by atoms with E-state index in [2.05, 4.69) is 6.07 Å². The van der Waals surface area contributed by atoms with Crippen molar-refractivity contribution in [3.05, 3.63) is 54.1 Å². The molecule has 2 aromatic carbocycles. The van der Waals surface area contributed by atoms with Gasteiger partial charge in [0.05, 0.1) is 17.7 Å². The second-order valence-electron chi connectivity index (χ2n) is 4.38. The predicted octanol–water partition coefficient (Wildman–Crippen LogP) is 4.01. The summed E-state index contributed by atoms with van der Waals surface area (Å²) in [6, 6.07) is 17.7. The molecule has 90 valence electrons. The van der Waals surface area contributed by atoms with Crippen molar-refractivity contribution in [2.75, 3.05) is 0 Å². The quantitative estimate of drug-likeness (QED) is 0.808. The van der Waals surface area contributed by atoms with Crippen LogP contribution in [0, 0.1) is 11.3 Å². The second-order valence-corrected chi connectivity index (χ2v) is 4.38. The minimum absolute atomic E-state index is 0.178. The van der Waals surface area contributed by atoms with Gasteiger partial charge in [0.2, 0.25) is 0 Å². The number of nitrogens with zero attached hydrogens (tertiary/aromatic N) is 1. The average molecular weight is 237 g/mol. The Labute approximate surface area is 107 Å². The zero-order valence-electron chi connectivity index (χ0n) is 10.6. The summed E-state index contributed by atoms with van der Waals surface area (Å²) >= 11 is 0. The van der Waals surface area contributed by atoms with E-state index in [-0.39, 0.29) is 6.10 Å². The molecule has 2 heteroatoms. The van der Waals surface area contributed by atoms with Crippen LogP contribution in [0.5, 0.6) is 5.75 Å². The van der Waals surface area contributed by atoms with Gasteiger partial charge in [0.25, 0.3) is 0 Å². The maximum Gasteiger partial charge on any atom is 0.119 e. The Morgan fingerprint density at radius 1 is 1.00 bits per heavy atom. The van der Waals surface area contributed by atoms with Gasteiger partial charge in [-0.15, -0.1) is 0 Å². The standard InChI is InChI=1S/C16H15NO/c1-12(2)18-16-8-6-14(7-9-16)15-5-3-4-13(10-15)11-17/h3-10,12H,1-2H3. The lowest BCUT2D eigenvalue weighted by atomic mass is 10.0. The first-order chi connectivity index (χ1) is 8.69. The van der Waals surface area contributed by atoms with Crippen LogP contribution in [0.1, 0.15) is 19.4 Å². The highest BCUT2D eigenvalue weighted by atomic mass is 16.5. The molecule has 0 unspecified atom stereocenters. The lowest BCUT2D eigenvalue weighted by molar-refractivity contribution is 0.242. The van der Waals surface area contributed by atoms with Crippen molar-refractivity contribution in [2.45, 2.75) is 20.0 Å². The van der Waals surface area contributed by atoms with Crippen LogP contribution in [0.4, 0.5) is 0 Å². The van der Waals surface area contributed by atoms with Crippen LogP contribution in [0.2, 0.25) is 0 Å². The molecule has 0 amide bonds. The van der Waals surface area contributed by atoms with Crippen LogP contribution >= 0.6 is 0 Å². The number of hydrogen-bond donors (Lipinski definition) is 0. The highest BCUT2D eigenvalue weighted by Gasteiger charge is 2.01. The Bertz CT molecular complexity index is 564. The molecule has 0 saturated heterocycles. The zero-order valence-corrected chi connectivity index (χ0v) is 10.6. The number of nitriles is 1. The molecule has 0 spiro atoms. The van der Waals surface area contributed by atoms with E-state index in [1.54, 1.807) is 6.07 Å². The topological polar surface area (TPSA) is 33.0 Å². The van der Waals surface area contributed by atoms with E-state index < -0.39 is 0 Å². The summed E-state index contributed by atoms with van der Waals surface area (Å²) in [7, 11) is 0. The summed E-state index contributed by atoms with van der Waals surface area (Å²) in [5.41, 5.74) is 2.81. The molecule has 2 aromatic rings. The van der Waals surface area contributed by atoms with Crippen molar-refractivity contribution in [2.24, 2.45) is 0 Å². The lowest BCUT2D eigenvalue weighted by Crippen LogP contribution is -2.05. The molecule has 2 rings (SSSR count). The highest BCUT2D eigenvalue weighted by Crippen LogP contribution is 2.23. The van der Waals surface area contributed by atoms with Crippen molar-refractivity contribution in [3.8, 4) is 22.9 Å². The normalized spacial score (nSPS) is 10.1. The van der Waals surface area contributed by atoms with E-state index in [1.165, 1.54) is 0 Å². The largest absolute Gasteiger partial charge is 0.491 e. The Morgan fingerprint density at radius 2 is 1.72 bits per heavy atom. The van der Waals surface area contributed by atoms with E-state index in [4.69, 9.17) is 10.00 Å². The third kappa shape index (κ3) is 2.89. The third-order valence-electron chi connectivity index (χ3n) is 2.55. The highest BCUT2D eigenvalue weighted by molar-refractivity contribution is 5.65. The van der Waals surface area contributed by atoms with Crippen LogP contribution in [0.25, 0.3) is 11.1 Å². The SMILES string of the molecule is CC(C)Oc1ccc(-c2cccc(C#N)c2)cc1. The summed E-state index contributed by atoms with van der Waals surface area (Å²) in [6.07, 6.45) is 0.178. The molecule has 0 saturated carbocycles. The molecule has 0 aliphatic carbocycles. The van der Waals surface area contributed by atoms with Gasteiger partial charge in [-0.25, -0.2) is 0 Å². The average Bonchev–Trinajstić information content (AvgIpc) is 2.39. The lowest BCUT2D eigenvalue weighted by Gasteiger charge is -2.10. The van der Waals surface area contributed by atoms with Gasteiger partial charge in [-0.1, -0.05) is 24.3 Å². The first kappa shape index (κ1) is 12.2. The van der Waals surface area contributed by atoms with Crippen LogP contribution in [-0.4, -0.2) is 6.10 Å². The van der Waals surface area contributed by atoms with Crippen LogP contribution in [-0.2, 0) is 0 Å². The van der Waals surface area contributed by atoms with Crippen LogP contribution in [0.15, 0.2) is 48.5 Å². The molecule has 0 heterocycles. The molecule has 0 radical (unpaired) electrons. The van der Waals surface area contributed by atoms with Crippen molar-refractivity contribution < 1.29 is 4.74 Å². The number of ether oxygens (including phenoxy) is 1. The van der Waals surface area contributed by atoms with E-state index in [0.717, 1.165) is 16.9 Å². The van der Waals surface area contributed by atoms with E-state index in [0.29, 0.717) is 5.56 Å². The summed E-state index contributed by atoms with van der Waals surface area (Å²) in [5.74, 6) is 0.866. The predicted molar refractivity (Wildman–Crippen MR) is 72.4 cm³/mol. The smallest absolute Gasteiger partial charge is 0.119 e. The van der Waals surface area contributed by atoms with Crippen LogP contribution < -0.4 is 4.74 Å². The summed E-state index contributed by atoms with van der Waals surface area (Å²) in [4.78, 5) is 0. The van der Waals surface area contributed by atoms with Crippen LogP contribution in [0.3, 0.4) is 0 Å². The summed E-state index contributed by atoms with van der Waals surface area (Å²) in [5, 5.41) is 8.88. The number of hydrogen-bond acceptors (Lipinski definition) is 2. The Balaban J connectivity index is 2.26. The van der Waals surface area contributed by atoms with Gasteiger partial charge in [-0.2, -0.15) is 5.26 Å². The Morgan fingerprint density at radius 3 is 2.33 bits per heavy atom. The fourth-order valence-corrected chi connectivity index (χ4v) is 1.77. The molecule has 0 aliphatic heterocycles. The molecular weight excluding hydrogens is 222 g/mol. The molecule has 0 fully saturated rings. The molecule has 0 aromatic heterocycles. The number of rotatable bonds is 3. The van der Waals surface area contributed by atoms with Gasteiger partial charge in [0.1, 0.15) is 5.75 Å². The maximum atomic E-state index is 8.88. The summed E-state index contributed by atoms with van der Waals surface area (Å²) in [6.45, 7) is 4.01. The van der Waals surface area contributed by atoms with Gasteiger partial charge >= 0.3 is 0 Å². The fourth-order valence-electron chi connectivity index (χ4n) is 1.77. The molecule has 0 atom stereocenters. The van der Waals surface area contributed by atoms with Crippen molar-refractivity contribution in [1.29, 1.82) is 5.26 Å².